The molecule has 0 aromatic rings. The highest BCUT2D eigenvalue weighted by Crippen LogP contribution is 2.09. The molecule has 0 saturated carbocycles. The van der Waals surface area contributed by atoms with E-state index in [0.29, 0.717) is 12.6 Å². The molecule has 1 saturated heterocycles. The molecule has 0 aromatic heterocycles. The summed E-state index contributed by atoms with van der Waals surface area (Å²) in [6.45, 7) is 3.27. The molecule has 0 spiro atoms. The van der Waals surface area contributed by atoms with E-state index in [0.717, 1.165) is 19.8 Å². The number of nitrogens with two attached hydrogens (primary N) is 1. The van der Waals surface area contributed by atoms with Crippen molar-refractivity contribution in [1.29, 1.82) is 0 Å². The molecule has 0 radical (unpaired) electrons. The fourth-order valence-electron chi connectivity index (χ4n) is 0.871. The van der Waals surface area contributed by atoms with Crippen molar-refractivity contribution < 1.29 is 4.74 Å². The van der Waals surface area contributed by atoms with E-state index in [1.165, 1.54) is 0 Å². The summed E-state index contributed by atoms with van der Waals surface area (Å²) >= 11 is 0. The van der Waals surface area contributed by atoms with Gasteiger partial charge in [0.2, 0.25) is 0 Å². The maximum absolute atomic E-state index is 5.46. The zero-order valence-electron chi connectivity index (χ0n) is 5.42. The lowest BCUT2D eigenvalue weighted by molar-refractivity contribution is 0.0401. The molecule has 1 heterocycles. The quantitative estimate of drug-likeness (QED) is 0.506. The predicted octanol–water partition coefficient (Wildman–Crippen LogP) is -0.564. The molecule has 1 aliphatic rings. The molecule has 1 aliphatic heterocycles. The lowest BCUT2D eigenvalue weighted by Gasteiger charge is -2.30. The van der Waals surface area contributed by atoms with E-state index < -0.39 is 0 Å². The molecule has 2 atom stereocenters. The molecule has 2 N–H and O–H groups in total. The molecule has 0 bridgehead atoms. The van der Waals surface area contributed by atoms with Crippen LogP contribution in [0.3, 0.4) is 0 Å². The second-order valence-corrected chi connectivity index (χ2v) is 2.87. The molecular weight excluding hydrogens is 135 g/mol. The Labute approximate surface area is 57.8 Å². The van der Waals surface area contributed by atoms with Crippen LogP contribution in [-0.2, 0) is 4.74 Å². The Morgan fingerprint density at radius 3 is 3.00 bits per heavy atom. The molecule has 3 nitrogen and oxygen atoms in total. The summed E-state index contributed by atoms with van der Waals surface area (Å²) in [6.07, 6.45) is 0. The third-order valence-electron chi connectivity index (χ3n) is 1.55. The molecule has 9 heavy (non-hydrogen) atoms. The van der Waals surface area contributed by atoms with Crippen molar-refractivity contribution in [2.75, 3.05) is 26.3 Å². The van der Waals surface area contributed by atoms with Gasteiger partial charge in [0.1, 0.15) is 0 Å². The van der Waals surface area contributed by atoms with Gasteiger partial charge in [0, 0.05) is 19.1 Å². The average molecular weight is 148 g/mol. The summed E-state index contributed by atoms with van der Waals surface area (Å²) in [5, 5.41) is 0. The average Bonchev–Trinajstić information content (AvgIpc) is 1.89. The molecule has 2 unspecified atom stereocenters. The van der Waals surface area contributed by atoms with Crippen molar-refractivity contribution in [3.05, 3.63) is 0 Å². The van der Waals surface area contributed by atoms with E-state index in [9.17, 15) is 0 Å². The van der Waals surface area contributed by atoms with E-state index in [1.807, 2.05) is 0 Å². The molecule has 0 aliphatic carbocycles. The van der Waals surface area contributed by atoms with Crippen LogP contribution in [0.25, 0.3) is 0 Å². The van der Waals surface area contributed by atoms with Crippen LogP contribution >= 0.6 is 9.39 Å². The Kier molecular flexibility index (Phi) is 2.86. The SMILES string of the molecule is NCC1COCCN1P. The van der Waals surface area contributed by atoms with Crippen LogP contribution in [0, 0.1) is 0 Å². The summed E-state index contributed by atoms with van der Waals surface area (Å²) in [7, 11) is 2.66. The maximum atomic E-state index is 5.46. The fourth-order valence-corrected chi connectivity index (χ4v) is 1.18. The lowest BCUT2D eigenvalue weighted by Crippen LogP contribution is -2.43. The first-order valence-corrected chi connectivity index (χ1v) is 3.65. The monoisotopic (exact) mass is 148 g/mol. The largest absolute Gasteiger partial charge is 0.378 e. The normalized spacial score (nSPS) is 30.7. The van der Waals surface area contributed by atoms with Gasteiger partial charge in [-0.1, -0.05) is 9.39 Å². The third kappa shape index (κ3) is 1.87. The first-order chi connectivity index (χ1) is 4.34. The van der Waals surface area contributed by atoms with Gasteiger partial charge >= 0.3 is 0 Å². The van der Waals surface area contributed by atoms with E-state index in [1.54, 1.807) is 0 Å². The maximum Gasteiger partial charge on any atom is 0.0637 e. The smallest absolute Gasteiger partial charge is 0.0637 e. The zero-order valence-corrected chi connectivity index (χ0v) is 6.57. The van der Waals surface area contributed by atoms with Crippen LogP contribution < -0.4 is 5.73 Å². The third-order valence-corrected chi connectivity index (χ3v) is 2.22. The van der Waals surface area contributed by atoms with Crippen molar-refractivity contribution in [2.45, 2.75) is 6.04 Å². The molecule has 0 amide bonds. The second-order valence-electron chi connectivity index (χ2n) is 2.20. The van der Waals surface area contributed by atoms with Gasteiger partial charge in [-0.05, 0) is 0 Å². The Morgan fingerprint density at radius 1 is 1.78 bits per heavy atom. The van der Waals surface area contributed by atoms with Crippen molar-refractivity contribution in [1.82, 2.24) is 4.67 Å². The predicted molar refractivity (Wildman–Crippen MR) is 40.1 cm³/mol. The van der Waals surface area contributed by atoms with Crippen LogP contribution in [0.1, 0.15) is 0 Å². The number of hydrogen-bond acceptors (Lipinski definition) is 3. The lowest BCUT2D eigenvalue weighted by atomic mass is 10.3. The Morgan fingerprint density at radius 2 is 2.56 bits per heavy atom. The summed E-state index contributed by atoms with van der Waals surface area (Å²) in [6, 6.07) is 0.406. The van der Waals surface area contributed by atoms with Crippen LogP contribution in [0.2, 0.25) is 0 Å². The van der Waals surface area contributed by atoms with Crippen molar-refractivity contribution >= 4 is 9.39 Å². The van der Waals surface area contributed by atoms with Crippen molar-refractivity contribution in [3.8, 4) is 0 Å². The highest BCUT2D eigenvalue weighted by atomic mass is 31.0. The Hall–Kier alpha value is 0.310. The second kappa shape index (κ2) is 3.47. The number of morpholine rings is 1. The standard InChI is InChI=1S/C5H13N2OP/c6-3-5-4-8-2-1-7(5)9/h5H,1-4,6,9H2. The van der Waals surface area contributed by atoms with Crippen LogP contribution in [0.5, 0.6) is 0 Å². The van der Waals surface area contributed by atoms with Crippen molar-refractivity contribution in [3.63, 3.8) is 0 Å². The van der Waals surface area contributed by atoms with Crippen LogP contribution in [-0.4, -0.2) is 37.0 Å². The summed E-state index contributed by atoms with van der Waals surface area (Å²) < 4.78 is 7.36. The van der Waals surface area contributed by atoms with Gasteiger partial charge in [0.15, 0.2) is 0 Å². The summed E-state index contributed by atoms with van der Waals surface area (Å²) in [4.78, 5) is 0. The highest BCUT2D eigenvalue weighted by molar-refractivity contribution is 7.13. The molecular formula is C5H13N2OP. The van der Waals surface area contributed by atoms with Gasteiger partial charge in [0.05, 0.1) is 13.2 Å². The molecule has 1 fully saturated rings. The highest BCUT2D eigenvalue weighted by Gasteiger charge is 2.16. The first-order valence-electron chi connectivity index (χ1n) is 3.13. The topological polar surface area (TPSA) is 38.5 Å². The summed E-state index contributed by atoms with van der Waals surface area (Å²) in [5.41, 5.74) is 5.46. The molecule has 4 heteroatoms. The zero-order chi connectivity index (χ0) is 6.69. The summed E-state index contributed by atoms with van der Waals surface area (Å²) in [5.74, 6) is 0. The van der Waals surface area contributed by atoms with E-state index in [2.05, 4.69) is 14.1 Å². The van der Waals surface area contributed by atoms with Crippen LogP contribution in [0.4, 0.5) is 0 Å². The Balaban J connectivity index is 2.30. The minimum atomic E-state index is 0.406. The van der Waals surface area contributed by atoms with Crippen molar-refractivity contribution in [2.24, 2.45) is 5.73 Å². The van der Waals surface area contributed by atoms with Gasteiger partial charge < -0.3 is 10.5 Å². The first kappa shape index (κ1) is 7.42. The van der Waals surface area contributed by atoms with Gasteiger partial charge in [-0.2, -0.15) is 0 Å². The Bertz CT molecular complexity index is 91.0. The van der Waals surface area contributed by atoms with Gasteiger partial charge in [-0.25, -0.2) is 0 Å². The van der Waals surface area contributed by atoms with E-state index in [-0.39, 0.29) is 0 Å². The number of nitrogens with zero attached hydrogens (tertiary/aromatic N) is 1. The van der Waals surface area contributed by atoms with E-state index in [4.69, 9.17) is 10.5 Å². The molecule has 54 valence electrons. The van der Waals surface area contributed by atoms with E-state index >= 15 is 0 Å². The van der Waals surface area contributed by atoms with Gasteiger partial charge in [-0.3, -0.25) is 4.67 Å². The van der Waals surface area contributed by atoms with Crippen LogP contribution in [0.15, 0.2) is 0 Å². The van der Waals surface area contributed by atoms with Gasteiger partial charge in [-0.15, -0.1) is 0 Å². The number of ether oxygens (including phenoxy) is 1. The minimum Gasteiger partial charge on any atom is -0.378 e. The fraction of sp³-hybridized carbons (Fsp3) is 1.00. The number of rotatable bonds is 1. The molecule has 0 aromatic carbocycles. The van der Waals surface area contributed by atoms with Gasteiger partial charge in [0.25, 0.3) is 0 Å². The number of hydrogen-bond donors (Lipinski definition) is 1. The molecule has 1 rings (SSSR count). The minimum absolute atomic E-state index is 0.406.